The third-order valence-corrected chi connectivity index (χ3v) is 5.10. The van der Waals surface area contributed by atoms with Crippen molar-refractivity contribution >= 4 is 46.6 Å². The lowest BCUT2D eigenvalue weighted by Gasteiger charge is -2.11. The maximum Gasteiger partial charge on any atom is 0.258 e. The van der Waals surface area contributed by atoms with Crippen LogP contribution < -0.4 is 15.4 Å². The van der Waals surface area contributed by atoms with Gasteiger partial charge in [-0.25, -0.2) is 0 Å². The van der Waals surface area contributed by atoms with E-state index < -0.39 is 17.7 Å². The molecule has 3 aromatic carbocycles. The molecule has 1 aliphatic rings. The van der Waals surface area contributed by atoms with E-state index in [0.717, 1.165) is 5.56 Å². The second-order valence-electron chi connectivity index (χ2n) is 6.55. The van der Waals surface area contributed by atoms with E-state index >= 15 is 0 Å². The van der Waals surface area contributed by atoms with Gasteiger partial charge in [-0.2, -0.15) is 0 Å². The number of hydrogen-bond acceptors (Lipinski definition) is 4. The lowest BCUT2D eigenvalue weighted by atomic mass is 10.1. The third kappa shape index (κ3) is 4.15. The van der Waals surface area contributed by atoms with Gasteiger partial charge < -0.3 is 10.1 Å². The molecular formula is C22H14Cl2N2O4. The number of ether oxygens (including phenoxy) is 1. The molecule has 0 fully saturated rings. The van der Waals surface area contributed by atoms with Gasteiger partial charge in [-0.15, -0.1) is 0 Å². The quantitative estimate of drug-likeness (QED) is 0.562. The summed E-state index contributed by atoms with van der Waals surface area (Å²) in [6.45, 7) is 0.213. The number of nitrogens with one attached hydrogen (secondary N) is 2. The number of amides is 3. The van der Waals surface area contributed by atoms with Crippen molar-refractivity contribution in [3.8, 4) is 5.75 Å². The molecule has 6 nitrogen and oxygen atoms in total. The first kappa shape index (κ1) is 19.9. The van der Waals surface area contributed by atoms with Crippen molar-refractivity contribution in [3.63, 3.8) is 0 Å². The molecular weight excluding hydrogens is 427 g/mol. The summed E-state index contributed by atoms with van der Waals surface area (Å²) in [6, 6.07) is 16.3. The standard InChI is InChI=1S/C22H14Cl2N2O4/c23-14-5-7-19(24)13(8-14)11-30-16-3-1-2-15(10-16)25-20(27)12-4-6-17-18(9-12)22(29)26-21(17)28/h1-10H,11H2,(H,25,27)(H,26,28,29). The zero-order chi connectivity index (χ0) is 21.3. The van der Waals surface area contributed by atoms with E-state index in [1.807, 2.05) is 0 Å². The second-order valence-corrected chi connectivity index (χ2v) is 7.39. The fourth-order valence-corrected chi connectivity index (χ4v) is 3.36. The average molecular weight is 441 g/mol. The van der Waals surface area contributed by atoms with Crippen molar-refractivity contribution in [2.24, 2.45) is 0 Å². The van der Waals surface area contributed by atoms with Crippen LogP contribution in [0, 0.1) is 0 Å². The lowest BCUT2D eigenvalue weighted by Crippen LogP contribution is -2.19. The Morgan fingerprint density at radius 1 is 0.933 bits per heavy atom. The molecule has 4 rings (SSSR count). The van der Waals surface area contributed by atoms with Gasteiger partial charge in [-0.1, -0.05) is 29.3 Å². The molecule has 0 aromatic heterocycles. The first-order valence-electron chi connectivity index (χ1n) is 8.88. The average Bonchev–Trinajstić information content (AvgIpc) is 3.02. The van der Waals surface area contributed by atoms with Gasteiger partial charge >= 0.3 is 0 Å². The molecule has 0 aliphatic carbocycles. The zero-order valence-electron chi connectivity index (χ0n) is 15.4. The summed E-state index contributed by atoms with van der Waals surface area (Å²) in [5.41, 5.74) is 1.95. The topological polar surface area (TPSA) is 84.5 Å². The minimum atomic E-state index is -0.514. The molecule has 3 amide bonds. The van der Waals surface area contributed by atoms with Crippen LogP contribution in [0.5, 0.6) is 5.75 Å². The zero-order valence-corrected chi connectivity index (χ0v) is 16.9. The van der Waals surface area contributed by atoms with Gasteiger partial charge in [-0.3, -0.25) is 19.7 Å². The molecule has 0 saturated heterocycles. The van der Waals surface area contributed by atoms with Gasteiger partial charge in [0.25, 0.3) is 17.7 Å². The van der Waals surface area contributed by atoms with Crippen molar-refractivity contribution in [2.75, 3.05) is 5.32 Å². The van der Waals surface area contributed by atoms with E-state index in [9.17, 15) is 14.4 Å². The highest BCUT2D eigenvalue weighted by Crippen LogP contribution is 2.24. The van der Waals surface area contributed by atoms with Gasteiger partial charge in [0.1, 0.15) is 12.4 Å². The van der Waals surface area contributed by atoms with Gasteiger partial charge in [0, 0.05) is 32.9 Å². The summed E-state index contributed by atoms with van der Waals surface area (Å²) in [4.78, 5) is 36.0. The highest BCUT2D eigenvalue weighted by atomic mass is 35.5. The number of carbonyl (C=O) groups is 3. The first-order chi connectivity index (χ1) is 14.4. The number of halogens is 2. The Morgan fingerprint density at radius 2 is 1.73 bits per heavy atom. The van der Waals surface area contributed by atoms with Gasteiger partial charge in [0.05, 0.1) is 11.1 Å². The predicted molar refractivity (Wildman–Crippen MR) is 113 cm³/mol. The Kier molecular flexibility index (Phi) is 5.44. The van der Waals surface area contributed by atoms with Crippen molar-refractivity contribution in [1.29, 1.82) is 0 Å². The summed E-state index contributed by atoms with van der Waals surface area (Å²) >= 11 is 12.1. The summed E-state index contributed by atoms with van der Waals surface area (Å²) in [6.07, 6.45) is 0. The van der Waals surface area contributed by atoms with Crippen molar-refractivity contribution in [3.05, 3.63) is 93.0 Å². The molecule has 30 heavy (non-hydrogen) atoms. The Labute approximate surface area is 181 Å². The van der Waals surface area contributed by atoms with Gasteiger partial charge in [0.15, 0.2) is 0 Å². The summed E-state index contributed by atoms with van der Waals surface area (Å²) in [5.74, 6) is -0.867. The van der Waals surface area contributed by atoms with Crippen LogP contribution in [0.25, 0.3) is 0 Å². The fraction of sp³-hybridized carbons (Fsp3) is 0.0455. The highest BCUT2D eigenvalue weighted by molar-refractivity contribution is 6.33. The van der Waals surface area contributed by atoms with E-state index in [0.29, 0.717) is 21.5 Å². The van der Waals surface area contributed by atoms with Crippen molar-refractivity contribution in [1.82, 2.24) is 5.32 Å². The normalized spacial score (nSPS) is 12.3. The molecule has 8 heteroatoms. The molecule has 3 aromatic rings. The van der Waals surface area contributed by atoms with Crippen molar-refractivity contribution in [2.45, 2.75) is 6.61 Å². The fourth-order valence-electron chi connectivity index (χ4n) is 2.99. The maximum absolute atomic E-state index is 12.6. The lowest BCUT2D eigenvalue weighted by molar-refractivity contribution is 0.0879. The SMILES string of the molecule is O=C(Nc1cccc(OCc2cc(Cl)ccc2Cl)c1)c1ccc2c(c1)C(=O)NC2=O. The Hall–Kier alpha value is -3.35. The molecule has 0 atom stereocenters. The molecule has 150 valence electrons. The third-order valence-electron chi connectivity index (χ3n) is 4.49. The van der Waals surface area contributed by atoms with Gasteiger partial charge in [-0.05, 0) is 48.5 Å². The molecule has 0 saturated carbocycles. The largest absolute Gasteiger partial charge is 0.489 e. The summed E-state index contributed by atoms with van der Waals surface area (Å²) in [5, 5.41) is 6.05. The molecule has 1 heterocycles. The Bertz CT molecular complexity index is 1190. The van der Waals surface area contributed by atoms with E-state index in [-0.39, 0.29) is 23.3 Å². The minimum absolute atomic E-state index is 0.183. The number of fused-ring (bicyclic) bond motifs is 1. The molecule has 0 bridgehead atoms. The number of benzene rings is 3. The van der Waals surface area contributed by atoms with Crippen LogP contribution in [-0.2, 0) is 6.61 Å². The Morgan fingerprint density at radius 3 is 2.57 bits per heavy atom. The number of imide groups is 1. The monoisotopic (exact) mass is 440 g/mol. The smallest absolute Gasteiger partial charge is 0.258 e. The summed E-state index contributed by atoms with van der Waals surface area (Å²) < 4.78 is 5.76. The molecule has 2 N–H and O–H groups in total. The molecule has 0 spiro atoms. The minimum Gasteiger partial charge on any atom is -0.489 e. The van der Waals surface area contributed by atoms with E-state index in [2.05, 4.69) is 10.6 Å². The van der Waals surface area contributed by atoms with E-state index in [1.54, 1.807) is 42.5 Å². The van der Waals surface area contributed by atoms with Crippen LogP contribution in [0.15, 0.2) is 60.7 Å². The number of anilines is 1. The van der Waals surface area contributed by atoms with Crippen LogP contribution in [-0.4, -0.2) is 17.7 Å². The number of carbonyl (C=O) groups excluding carboxylic acids is 3. The predicted octanol–water partition coefficient (Wildman–Crippen LogP) is 4.71. The highest BCUT2D eigenvalue weighted by Gasteiger charge is 2.27. The number of rotatable bonds is 5. The first-order valence-corrected chi connectivity index (χ1v) is 9.64. The Balaban J connectivity index is 1.46. The van der Waals surface area contributed by atoms with Crippen LogP contribution >= 0.6 is 23.2 Å². The van der Waals surface area contributed by atoms with Crippen LogP contribution in [0.4, 0.5) is 5.69 Å². The number of hydrogen-bond donors (Lipinski definition) is 2. The van der Waals surface area contributed by atoms with Crippen LogP contribution in [0.2, 0.25) is 10.0 Å². The summed E-state index contributed by atoms with van der Waals surface area (Å²) in [7, 11) is 0. The van der Waals surface area contributed by atoms with Crippen LogP contribution in [0.1, 0.15) is 36.6 Å². The second kappa shape index (κ2) is 8.18. The van der Waals surface area contributed by atoms with E-state index in [4.69, 9.17) is 27.9 Å². The van der Waals surface area contributed by atoms with Crippen molar-refractivity contribution < 1.29 is 19.1 Å². The molecule has 1 aliphatic heterocycles. The van der Waals surface area contributed by atoms with E-state index in [1.165, 1.54) is 18.2 Å². The molecule has 0 radical (unpaired) electrons. The molecule has 0 unspecified atom stereocenters. The van der Waals surface area contributed by atoms with Gasteiger partial charge in [0.2, 0.25) is 0 Å². The van der Waals surface area contributed by atoms with Crippen LogP contribution in [0.3, 0.4) is 0 Å². The maximum atomic E-state index is 12.6.